The smallest absolute Gasteiger partial charge is 0.260 e. The molecule has 0 radical (unpaired) electrons. The van der Waals surface area contributed by atoms with E-state index in [1.165, 1.54) is 0 Å². The zero-order valence-electron chi connectivity index (χ0n) is 12.9. The number of para-hydroxylation sites is 1. The Labute approximate surface area is 141 Å². The van der Waals surface area contributed by atoms with E-state index in [-0.39, 0.29) is 5.91 Å². The Morgan fingerprint density at radius 1 is 1.22 bits per heavy atom. The van der Waals surface area contributed by atoms with E-state index < -0.39 is 12.2 Å². The fourth-order valence-electron chi connectivity index (χ4n) is 2.11. The largest absolute Gasteiger partial charge is 0.481 e. The molecule has 2 rings (SSSR count). The van der Waals surface area contributed by atoms with Gasteiger partial charge in [-0.3, -0.25) is 4.79 Å². The second-order valence-electron chi connectivity index (χ2n) is 5.22. The van der Waals surface area contributed by atoms with E-state index in [1.807, 2.05) is 18.2 Å². The first-order valence-corrected chi connectivity index (χ1v) is 7.87. The quantitative estimate of drug-likeness (QED) is 0.817. The van der Waals surface area contributed by atoms with Crippen LogP contribution in [-0.4, -0.2) is 23.7 Å². The molecule has 0 saturated heterocycles. The van der Waals surface area contributed by atoms with Gasteiger partial charge < -0.3 is 15.2 Å². The Morgan fingerprint density at radius 3 is 2.65 bits per heavy atom. The zero-order chi connectivity index (χ0) is 16.7. The van der Waals surface area contributed by atoms with Gasteiger partial charge in [-0.1, -0.05) is 41.9 Å². The lowest BCUT2D eigenvalue weighted by atomic mass is 10.1. The van der Waals surface area contributed by atoms with Crippen LogP contribution in [0, 0.1) is 0 Å². The summed E-state index contributed by atoms with van der Waals surface area (Å²) in [6, 6.07) is 16.2. The standard InChI is InChI=1S/C18H20ClNO3/c1-13(23-16-8-3-2-4-9-16)18(22)20-11-10-17(21)14-6-5-7-15(19)12-14/h2-9,12-13,17,21H,10-11H2,1H3,(H,20,22)/t13-,17-/m0/s1. The van der Waals surface area contributed by atoms with E-state index in [9.17, 15) is 9.90 Å². The number of benzene rings is 2. The highest BCUT2D eigenvalue weighted by atomic mass is 35.5. The van der Waals surface area contributed by atoms with Gasteiger partial charge >= 0.3 is 0 Å². The van der Waals surface area contributed by atoms with Gasteiger partial charge in [-0.2, -0.15) is 0 Å². The van der Waals surface area contributed by atoms with E-state index in [4.69, 9.17) is 16.3 Å². The molecular weight excluding hydrogens is 314 g/mol. The van der Waals surface area contributed by atoms with Gasteiger partial charge in [0.2, 0.25) is 0 Å². The van der Waals surface area contributed by atoms with Crippen molar-refractivity contribution in [2.24, 2.45) is 0 Å². The number of hydrogen-bond donors (Lipinski definition) is 2. The molecule has 1 amide bonds. The highest BCUT2D eigenvalue weighted by Gasteiger charge is 2.15. The van der Waals surface area contributed by atoms with Crippen LogP contribution in [0.15, 0.2) is 54.6 Å². The van der Waals surface area contributed by atoms with Crippen molar-refractivity contribution in [3.8, 4) is 5.75 Å². The normalized spacial score (nSPS) is 13.2. The van der Waals surface area contributed by atoms with Gasteiger partial charge in [-0.15, -0.1) is 0 Å². The average molecular weight is 334 g/mol. The van der Waals surface area contributed by atoms with Gasteiger partial charge in [0.25, 0.3) is 5.91 Å². The fraction of sp³-hybridized carbons (Fsp3) is 0.278. The minimum Gasteiger partial charge on any atom is -0.481 e. The number of hydrogen-bond acceptors (Lipinski definition) is 3. The predicted molar refractivity (Wildman–Crippen MR) is 90.6 cm³/mol. The van der Waals surface area contributed by atoms with Crippen LogP contribution in [0.1, 0.15) is 25.0 Å². The summed E-state index contributed by atoms with van der Waals surface area (Å²) in [6.45, 7) is 2.05. The van der Waals surface area contributed by atoms with Crippen LogP contribution in [0.4, 0.5) is 0 Å². The number of nitrogens with one attached hydrogen (secondary N) is 1. The Hall–Kier alpha value is -2.04. The molecule has 0 aliphatic heterocycles. The summed E-state index contributed by atoms with van der Waals surface area (Å²) in [5.74, 6) is 0.432. The van der Waals surface area contributed by atoms with Crippen LogP contribution in [0.2, 0.25) is 5.02 Å². The molecule has 2 aromatic rings. The topological polar surface area (TPSA) is 58.6 Å². The molecule has 2 atom stereocenters. The minimum atomic E-state index is -0.667. The first kappa shape index (κ1) is 17.3. The van der Waals surface area contributed by atoms with Crippen molar-refractivity contribution < 1.29 is 14.6 Å². The number of amides is 1. The maximum atomic E-state index is 12.0. The number of aliphatic hydroxyl groups excluding tert-OH is 1. The number of ether oxygens (including phenoxy) is 1. The summed E-state index contributed by atoms with van der Waals surface area (Å²) in [5.41, 5.74) is 0.736. The molecule has 2 aromatic carbocycles. The van der Waals surface area contributed by atoms with Crippen molar-refractivity contribution in [2.75, 3.05) is 6.54 Å². The number of rotatable bonds is 7. The molecular formula is C18H20ClNO3. The second kappa shape index (κ2) is 8.56. The van der Waals surface area contributed by atoms with Crippen LogP contribution < -0.4 is 10.1 Å². The van der Waals surface area contributed by atoms with E-state index in [0.29, 0.717) is 23.7 Å². The fourth-order valence-corrected chi connectivity index (χ4v) is 2.31. The third-order valence-corrected chi connectivity index (χ3v) is 3.61. The molecule has 0 saturated carbocycles. The number of carbonyl (C=O) groups is 1. The third-order valence-electron chi connectivity index (χ3n) is 3.38. The maximum Gasteiger partial charge on any atom is 0.260 e. The molecule has 0 spiro atoms. The van der Waals surface area contributed by atoms with Gasteiger partial charge in [0.05, 0.1) is 6.10 Å². The molecule has 0 unspecified atom stereocenters. The van der Waals surface area contributed by atoms with E-state index in [0.717, 1.165) is 5.56 Å². The van der Waals surface area contributed by atoms with Crippen molar-refractivity contribution in [1.29, 1.82) is 0 Å². The SMILES string of the molecule is C[C@H](Oc1ccccc1)C(=O)NCC[C@H](O)c1cccc(Cl)c1. The predicted octanol–water partition coefficient (Wildman–Crippen LogP) is 3.35. The summed E-state index contributed by atoms with van der Waals surface area (Å²) < 4.78 is 5.54. The van der Waals surface area contributed by atoms with Crippen LogP contribution in [-0.2, 0) is 4.79 Å². The lowest BCUT2D eigenvalue weighted by Gasteiger charge is -2.16. The molecule has 0 bridgehead atoms. The monoisotopic (exact) mass is 333 g/mol. The van der Waals surface area contributed by atoms with Crippen molar-refractivity contribution in [1.82, 2.24) is 5.32 Å². The lowest BCUT2D eigenvalue weighted by Crippen LogP contribution is -2.37. The van der Waals surface area contributed by atoms with E-state index in [1.54, 1.807) is 43.3 Å². The highest BCUT2D eigenvalue weighted by Crippen LogP contribution is 2.19. The van der Waals surface area contributed by atoms with Gasteiger partial charge in [0.1, 0.15) is 5.75 Å². The van der Waals surface area contributed by atoms with Crippen molar-refractivity contribution in [2.45, 2.75) is 25.6 Å². The Balaban J connectivity index is 1.76. The van der Waals surface area contributed by atoms with Crippen LogP contribution >= 0.6 is 11.6 Å². The zero-order valence-corrected chi connectivity index (χ0v) is 13.7. The van der Waals surface area contributed by atoms with Crippen molar-refractivity contribution >= 4 is 17.5 Å². The molecule has 2 N–H and O–H groups in total. The summed E-state index contributed by atoms with van der Waals surface area (Å²) >= 11 is 5.89. The molecule has 4 nitrogen and oxygen atoms in total. The first-order chi connectivity index (χ1) is 11.1. The Bertz CT molecular complexity index is 633. The maximum absolute atomic E-state index is 12.0. The summed E-state index contributed by atoms with van der Waals surface area (Å²) in [7, 11) is 0. The summed E-state index contributed by atoms with van der Waals surface area (Å²) in [4.78, 5) is 12.0. The van der Waals surface area contributed by atoms with Crippen LogP contribution in [0.5, 0.6) is 5.75 Å². The number of aliphatic hydroxyl groups is 1. The molecule has 122 valence electrons. The average Bonchev–Trinajstić information content (AvgIpc) is 2.55. The molecule has 0 heterocycles. The molecule has 0 aliphatic rings. The number of carbonyl (C=O) groups excluding carboxylic acids is 1. The van der Waals surface area contributed by atoms with Crippen molar-refractivity contribution in [3.05, 3.63) is 65.2 Å². The van der Waals surface area contributed by atoms with Crippen molar-refractivity contribution in [3.63, 3.8) is 0 Å². The molecule has 0 fully saturated rings. The van der Waals surface area contributed by atoms with Gasteiger partial charge in [-0.05, 0) is 43.2 Å². The van der Waals surface area contributed by atoms with Crippen LogP contribution in [0.25, 0.3) is 0 Å². The minimum absolute atomic E-state index is 0.216. The number of halogens is 1. The van der Waals surface area contributed by atoms with Gasteiger partial charge in [0, 0.05) is 11.6 Å². The second-order valence-corrected chi connectivity index (χ2v) is 5.66. The molecule has 0 aromatic heterocycles. The first-order valence-electron chi connectivity index (χ1n) is 7.49. The molecule has 23 heavy (non-hydrogen) atoms. The van der Waals surface area contributed by atoms with Gasteiger partial charge in [-0.25, -0.2) is 0 Å². The summed E-state index contributed by atoms with van der Waals surface area (Å²) in [5, 5.41) is 13.4. The van der Waals surface area contributed by atoms with E-state index in [2.05, 4.69) is 5.32 Å². The Kier molecular flexibility index (Phi) is 6.44. The summed E-state index contributed by atoms with van der Waals surface area (Å²) in [6.07, 6.45) is -0.857. The lowest BCUT2D eigenvalue weighted by molar-refractivity contribution is -0.127. The molecule has 0 aliphatic carbocycles. The van der Waals surface area contributed by atoms with Crippen LogP contribution in [0.3, 0.4) is 0 Å². The third kappa shape index (κ3) is 5.58. The molecule has 5 heteroatoms. The Morgan fingerprint density at radius 2 is 1.96 bits per heavy atom. The van der Waals surface area contributed by atoms with Gasteiger partial charge in [0.15, 0.2) is 6.10 Å². The van der Waals surface area contributed by atoms with E-state index >= 15 is 0 Å². The highest BCUT2D eigenvalue weighted by molar-refractivity contribution is 6.30.